The Morgan fingerprint density at radius 2 is 2.08 bits per heavy atom. The van der Waals surface area contributed by atoms with Crippen molar-refractivity contribution >= 4 is 30.6 Å². The molecule has 0 amide bonds. The predicted molar refractivity (Wildman–Crippen MR) is 65.5 cm³/mol. The fourth-order valence-electron chi connectivity index (χ4n) is 1.95. The van der Waals surface area contributed by atoms with Crippen molar-refractivity contribution in [1.29, 1.82) is 0 Å². The fraction of sp³-hybridized carbons (Fsp3) is 0.333. The van der Waals surface area contributed by atoms with Crippen molar-refractivity contribution in [3.05, 3.63) is 30.3 Å². The summed E-state index contributed by atoms with van der Waals surface area (Å²) >= 11 is 0. The van der Waals surface area contributed by atoms with Crippen LogP contribution in [0.1, 0.15) is 0 Å². The average molecular weight is 224 g/mol. The second kappa shape index (κ2) is 3.91. The molecule has 1 heterocycles. The molecule has 1 fully saturated rings. The molecule has 1 saturated heterocycles. The van der Waals surface area contributed by atoms with Gasteiger partial charge in [0.1, 0.15) is 9.28 Å². The first-order valence-electron chi connectivity index (χ1n) is 4.95. The molecule has 0 aromatic heterocycles. The van der Waals surface area contributed by atoms with Crippen LogP contribution in [0, 0.1) is 0 Å². The first-order valence-corrected chi connectivity index (χ1v) is 14.6. The summed E-state index contributed by atoms with van der Waals surface area (Å²) in [4.78, 5) is 0. The van der Waals surface area contributed by atoms with Crippen LogP contribution in [0.5, 0.6) is 0 Å². The van der Waals surface area contributed by atoms with Gasteiger partial charge in [-0.15, -0.1) is 0 Å². The fourth-order valence-corrected chi connectivity index (χ4v) is 21.0. The lowest BCUT2D eigenvalue weighted by Gasteiger charge is -2.31. The van der Waals surface area contributed by atoms with Gasteiger partial charge in [-0.3, -0.25) is 0 Å². The van der Waals surface area contributed by atoms with Gasteiger partial charge in [-0.25, -0.2) is 0 Å². The molecule has 13 heavy (non-hydrogen) atoms. The minimum Gasteiger partial charge on any atom is -0.428 e. The number of benzene rings is 1. The molecule has 1 atom stereocenters. The first kappa shape index (κ1) is 9.39. The minimum absolute atomic E-state index is 0.0389. The van der Waals surface area contributed by atoms with E-state index in [1.54, 1.807) is 5.19 Å². The monoisotopic (exact) mass is 224 g/mol. The maximum absolute atomic E-state index is 5.62. The second-order valence-electron chi connectivity index (χ2n) is 4.04. The van der Waals surface area contributed by atoms with Crippen LogP contribution in [0.15, 0.2) is 30.3 Å². The van der Waals surface area contributed by atoms with E-state index >= 15 is 0 Å². The molecule has 1 aliphatic rings. The van der Waals surface area contributed by atoms with Gasteiger partial charge in [0.05, 0.1) is 7.59 Å². The van der Waals surface area contributed by atoms with Gasteiger partial charge in [0.25, 0.3) is 0 Å². The van der Waals surface area contributed by atoms with Crippen LogP contribution in [-0.4, -0.2) is 32.0 Å². The van der Waals surface area contributed by atoms with E-state index < -0.39 is 7.59 Å². The zero-order chi connectivity index (χ0) is 9.15. The van der Waals surface area contributed by atoms with Crippen LogP contribution in [0.2, 0.25) is 12.6 Å². The smallest absolute Gasteiger partial charge is 0.141 e. The second-order valence-corrected chi connectivity index (χ2v) is 21.5. The van der Waals surface area contributed by atoms with E-state index in [0.717, 1.165) is 6.61 Å². The van der Waals surface area contributed by atoms with Crippen molar-refractivity contribution in [2.45, 2.75) is 12.6 Å². The van der Waals surface area contributed by atoms with Gasteiger partial charge in [0.2, 0.25) is 0 Å². The Kier molecular flexibility index (Phi) is 2.83. The van der Waals surface area contributed by atoms with E-state index in [4.69, 9.17) is 4.43 Å². The molecule has 1 aromatic rings. The topological polar surface area (TPSA) is 9.23 Å². The molecular formula is C9H16OSi3. The maximum atomic E-state index is 5.62. The summed E-state index contributed by atoms with van der Waals surface area (Å²) in [5.41, 5.74) is 0. The van der Waals surface area contributed by atoms with Crippen molar-refractivity contribution in [1.82, 2.24) is 0 Å². The van der Waals surface area contributed by atoms with E-state index in [1.807, 2.05) is 0 Å². The number of hydrogen-bond donors (Lipinski definition) is 0. The Balaban J connectivity index is 2.23. The summed E-state index contributed by atoms with van der Waals surface area (Å²) in [6.45, 7) is 3.64. The quantitative estimate of drug-likeness (QED) is 0.594. The molecule has 0 spiro atoms. The van der Waals surface area contributed by atoms with Crippen molar-refractivity contribution in [3.8, 4) is 0 Å². The minimum atomic E-state index is -0.937. The van der Waals surface area contributed by atoms with E-state index in [2.05, 4.69) is 36.9 Å². The predicted octanol–water partition coefficient (Wildman–Crippen LogP) is -0.333. The van der Waals surface area contributed by atoms with Gasteiger partial charge in [0.15, 0.2) is 0 Å². The van der Waals surface area contributed by atoms with Crippen LogP contribution in [0.4, 0.5) is 0 Å². The lowest BCUT2D eigenvalue weighted by Crippen LogP contribution is -2.56. The first-order chi connectivity index (χ1) is 6.31. The van der Waals surface area contributed by atoms with Crippen molar-refractivity contribution in [3.63, 3.8) is 0 Å². The Labute approximate surface area is 84.9 Å². The average Bonchev–Trinajstić information content (AvgIpc) is 2.20. The van der Waals surface area contributed by atoms with Gasteiger partial charge >= 0.3 is 0 Å². The third-order valence-corrected chi connectivity index (χ3v) is 26.8. The molecule has 0 bridgehead atoms. The van der Waals surface area contributed by atoms with Gasteiger partial charge < -0.3 is 4.43 Å². The Hall–Kier alpha value is -0.169. The van der Waals surface area contributed by atoms with Crippen molar-refractivity contribution in [2.75, 3.05) is 6.61 Å². The molecular weight excluding hydrogens is 208 g/mol. The van der Waals surface area contributed by atoms with Crippen molar-refractivity contribution < 1.29 is 4.43 Å². The molecule has 0 N–H and O–H groups in total. The third-order valence-electron chi connectivity index (χ3n) is 3.07. The molecule has 2 rings (SSSR count). The van der Waals surface area contributed by atoms with E-state index in [-0.39, 0.29) is 17.8 Å². The number of rotatable bonds is 1. The summed E-state index contributed by atoms with van der Waals surface area (Å²) in [5, 5.41) is 1.69. The molecule has 0 radical (unpaired) electrons. The van der Waals surface area contributed by atoms with Crippen LogP contribution in [-0.2, 0) is 4.43 Å². The summed E-state index contributed by atoms with van der Waals surface area (Å²) in [6, 6.07) is 12.6. The van der Waals surface area contributed by atoms with Crippen LogP contribution < -0.4 is 5.19 Å². The Morgan fingerprint density at radius 1 is 1.31 bits per heavy atom. The number of hydrogen-bond acceptors (Lipinski definition) is 1. The molecule has 70 valence electrons. The van der Waals surface area contributed by atoms with Gasteiger partial charge in [-0.1, -0.05) is 42.1 Å². The lowest BCUT2D eigenvalue weighted by molar-refractivity contribution is 0.366. The molecule has 0 aliphatic carbocycles. The van der Waals surface area contributed by atoms with Crippen LogP contribution in [0.25, 0.3) is 0 Å². The summed E-state index contributed by atoms with van der Waals surface area (Å²) in [5.74, 6) is 0. The van der Waals surface area contributed by atoms with Gasteiger partial charge in [0, 0.05) is 15.2 Å². The van der Waals surface area contributed by atoms with Gasteiger partial charge in [-0.2, -0.15) is 0 Å². The van der Waals surface area contributed by atoms with E-state index in [9.17, 15) is 0 Å². The summed E-state index contributed by atoms with van der Waals surface area (Å²) in [6.07, 6.45) is 0. The normalized spacial score (nSPS) is 32.4. The molecule has 4 heteroatoms. The third kappa shape index (κ3) is 2.01. The van der Waals surface area contributed by atoms with Crippen molar-refractivity contribution in [2.24, 2.45) is 0 Å². The van der Waals surface area contributed by atoms with Gasteiger partial charge in [-0.05, 0) is 6.04 Å². The highest BCUT2D eigenvalue weighted by atomic mass is 29.6. The lowest BCUT2D eigenvalue weighted by atomic mass is 10.4. The highest BCUT2D eigenvalue weighted by Gasteiger charge is 2.31. The zero-order valence-electron chi connectivity index (χ0n) is 8.12. The Bertz CT molecular complexity index is 269. The summed E-state index contributed by atoms with van der Waals surface area (Å²) < 4.78 is 5.62. The Morgan fingerprint density at radius 3 is 2.69 bits per heavy atom. The molecule has 1 unspecified atom stereocenters. The highest BCUT2D eigenvalue weighted by Crippen LogP contribution is 2.11. The maximum Gasteiger partial charge on any atom is 0.141 e. The SMILES string of the molecule is C[Si]1(c2ccccc2)CCO[SiH2][SiH2]1. The zero-order valence-corrected chi connectivity index (χ0v) is 12.0. The van der Waals surface area contributed by atoms with Crippen LogP contribution >= 0.6 is 0 Å². The molecule has 1 aromatic carbocycles. The largest absolute Gasteiger partial charge is 0.428 e. The molecule has 0 saturated carbocycles. The molecule has 1 aliphatic heterocycles. The van der Waals surface area contributed by atoms with Crippen LogP contribution in [0.3, 0.4) is 0 Å². The molecule has 1 nitrogen and oxygen atoms in total. The summed E-state index contributed by atoms with van der Waals surface area (Å²) in [7, 11) is -0.793. The highest BCUT2D eigenvalue weighted by molar-refractivity contribution is 7.46. The van der Waals surface area contributed by atoms with E-state index in [0.29, 0.717) is 0 Å². The van der Waals surface area contributed by atoms with E-state index in [1.165, 1.54) is 6.04 Å². The standard InChI is InChI=1S/C9H16OSi3/c1-13(8-7-10-11-12-13)9-5-3-2-4-6-9/h2-6H,7-8,11-12H2,1H3.